The van der Waals surface area contributed by atoms with Crippen molar-refractivity contribution in [2.24, 2.45) is 49.9 Å². The molecule has 2 amide bonds. The number of alkyl halides is 2. The first kappa shape index (κ1) is 41.9. The van der Waals surface area contributed by atoms with Crippen LogP contribution in [0.15, 0.2) is 66.3 Å². The first-order valence-electron chi connectivity index (χ1n) is 23.6. The van der Waals surface area contributed by atoms with E-state index in [2.05, 4.69) is 66.1 Å². The normalized spacial score (nSPS) is 44.8. The van der Waals surface area contributed by atoms with Crippen LogP contribution in [0.25, 0.3) is 0 Å². The molecule has 0 heterocycles. The van der Waals surface area contributed by atoms with Gasteiger partial charge in [0.1, 0.15) is 0 Å². The van der Waals surface area contributed by atoms with Crippen LogP contribution in [0, 0.1) is 38.4 Å². The highest BCUT2D eigenvalue weighted by molar-refractivity contribution is 6.17. The number of nitrogens with one attached hydrogen (secondary N) is 2. The summed E-state index contributed by atoms with van der Waals surface area (Å²) in [7, 11) is 0. The topological polar surface area (TPSA) is 110 Å². The molecule has 0 spiro atoms. The van der Waals surface area contributed by atoms with Gasteiger partial charge < -0.3 is 22.1 Å². The van der Waals surface area contributed by atoms with E-state index in [1.807, 2.05) is 0 Å². The zero-order valence-electron chi connectivity index (χ0n) is 35.9. The molecule has 8 atom stereocenters. The third-order valence-corrected chi connectivity index (χ3v) is 18.4. The summed E-state index contributed by atoms with van der Waals surface area (Å²) in [6.07, 6.45) is 27.2. The molecule has 322 valence electrons. The average Bonchev–Trinajstić information content (AvgIpc) is 3.19. The molecule has 1 aromatic carbocycles. The standard InChI is InChI=1S/C51H72ClFN4O2/c1-3-37(10-9-35(2)47-24-36-23-45(26-47,19-21-52)27-48(25-36,31-47)43(58)56-41-15-11-39(54)12-16-41)49-28-46(20-22-53)29-50(32-49,38-7-5-4-6-8-38)34-51(30-46,33-49)44(59)57-42-17-13-40(55)14-18-42/h3-10,36,39-42H,2,11-34,54-55H2,1H3,(H,56,58)(H,57,59)/b10-9-,37-3+/t36?,39-,40-,41-,42-,45-,46-,47-,48?,49?,50+,51?/m1/s1. The Hall–Kier alpha value is -2.48. The molecule has 1 aromatic rings. The molecule has 0 saturated heterocycles. The van der Waals surface area contributed by atoms with Crippen LogP contribution in [-0.2, 0) is 15.0 Å². The molecule has 10 aliphatic rings. The lowest BCUT2D eigenvalue weighted by molar-refractivity contribution is -0.179. The second-order valence-corrected chi connectivity index (χ2v) is 22.9. The number of benzene rings is 1. The van der Waals surface area contributed by atoms with Crippen LogP contribution in [0.1, 0.15) is 154 Å². The van der Waals surface area contributed by atoms with Crippen molar-refractivity contribution >= 4 is 23.4 Å². The van der Waals surface area contributed by atoms with Gasteiger partial charge in [0.15, 0.2) is 0 Å². The zero-order valence-corrected chi connectivity index (χ0v) is 36.7. The zero-order chi connectivity index (χ0) is 41.3. The Bertz CT molecular complexity index is 1850. The van der Waals surface area contributed by atoms with Crippen LogP contribution in [0.5, 0.6) is 0 Å². The molecular formula is C51H72ClFN4O2. The number of allylic oxidation sites excluding steroid dienone is 5. The van der Waals surface area contributed by atoms with Gasteiger partial charge in [-0.3, -0.25) is 14.0 Å². The number of nitrogens with two attached hydrogens (primary N) is 2. The van der Waals surface area contributed by atoms with Crippen molar-refractivity contribution < 1.29 is 14.0 Å². The number of hydrogen-bond donors (Lipinski definition) is 4. The quantitative estimate of drug-likeness (QED) is 0.117. The van der Waals surface area contributed by atoms with E-state index in [0.717, 1.165) is 140 Å². The third kappa shape index (κ3) is 7.31. The lowest BCUT2D eigenvalue weighted by atomic mass is 9.33. The highest BCUT2D eigenvalue weighted by Gasteiger charge is 2.71. The molecule has 4 unspecified atom stereocenters. The maximum Gasteiger partial charge on any atom is 0.226 e. The van der Waals surface area contributed by atoms with E-state index >= 15 is 4.79 Å². The van der Waals surface area contributed by atoms with Crippen molar-refractivity contribution in [2.45, 2.75) is 178 Å². The van der Waals surface area contributed by atoms with Crippen molar-refractivity contribution in [2.75, 3.05) is 12.6 Å². The van der Waals surface area contributed by atoms with E-state index in [-0.39, 0.29) is 69.7 Å². The van der Waals surface area contributed by atoms with E-state index in [1.54, 1.807) is 0 Å². The molecule has 0 aromatic heterocycles. The van der Waals surface area contributed by atoms with Gasteiger partial charge in [0.05, 0.1) is 17.5 Å². The van der Waals surface area contributed by atoms with Gasteiger partial charge in [0, 0.05) is 30.0 Å². The molecular weight excluding hydrogens is 755 g/mol. The highest BCUT2D eigenvalue weighted by Crippen LogP contribution is 2.77. The van der Waals surface area contributed by atoms with Gasteiger partial charge in [0.25, 0.3) is 0 Å². The molecule has 6 N–H and O–H groups in total. The minimum atomic E-state index is -0.574. The van der Waals surface area contributed by atoms with Gasteiger partial charge in [-0.05, 0) is 198 Å². The van der Waals surface area contributed by atoms with Gasteiger partial charge >= 0.3 is 0 Å². The third-order valence-electron chi connectivity index (χ3n) is 18.2. The fraction of sp³-hybridized carbons (Fsp3) is 0.725. The number of halogens is 2. The fourth-order valence-corrected chi connectivity index (χ4v) is 17.2. The van der Waals surface area contributed by atoms with Crippen LogP contribution in [0.2, 0.25) is 0 Å². The Morgan fingerprint density at radius 2 is 1.27 bits per heavy atom. The fourth-order valence-electron chi connectivity index (χ4n) is 16.8. The van der Waals surface area contributed by atoms with E-state index in [1.165, 1.54) is 11.1 Å². The lowest BCUT2D eigenvalue weighted by Gasteiger charge is -2.71. The summed E-state index contributed by atoms with van der Waals surface area (Å²) in [5.41, 5.74) is 14.4. The Morgan fingerprint density at radius 3 is 1.90 bits per heavy atom. The number of hydrogen-bond acceptors (Lipinski definition) is 4. The van der Waals surface area contributed by atoms with Gasteiger partial charge in [-0.1, -0.05) is 55.1 Å². The SMILES string of the molecule is C=C(/C=C\C(=C/C)C12CC3(C(=O)N[C@H]4CC[C@H](N)CC4)C[C@](CCF)(C1)C[C@@](c1ccccc1)(C3)C2)[C@]12CC3CC(C(=O)N[C@H]4CC[C@H](N)CC4)(C[C@](CCCl)(C3)C1)C2. The summed E-state index contributed by atoms with van der Waals surface area (Å²) in [5, 5.41) is 7.16. The first-order valence-corrected chi connectivity index (χ1v) is 24.1. The summed E-state index contributed by atoms with van der Waals surface area (Å²) in [6, 6.07) is 11.7. The second kappa shape index (κ2) is 15.4. The molecule has 0 aliphatic heterocycles. The van der Waals surface area contributed by atoms with E-state index in [4.69, 9.17) is 29.6 Å². The Balaban J connectivity index is 1.04. The van der Waals surface area contributed by atoms with Crippen molar-refractivity contribution in [3.8, 4) is 0 Å². The molecule has 10 fully saturated rings. The largest absolute Gasteiger partial charge is 0.353 e. The number of amides is 2. The first-order chi connectivity index (χ1) is 28.2. The maximum atomic E-state index is 15.0. The molecule has 59 heavy (non-hydrogen) atoms. The summed E-state index contributed by atoms with van der Waals surface area (Å²) < 4.78 is 14.9. The van der Waals surface area contributed by atoms with Crippen LogP contribution < -0.4 is 22.1 Å². The van der Waals surface area contributed by atoms with Gasteiger partial charge in [-0.15, -0.1) is 11.6 Å². The van der Waals surface area contributed by atoms with E-state index in [9.17, 15) is 9.18 Å². The lowest BCUT2D eigenvalue weighted by Crippen LogP contribution is -2.67. The van der Waals surface area contributed by atoms with Crippen LogP contribution >= 0.6 is 11.6 Å². The maximum absolute atomic E-state index is 15.0. The van der Waals surface area contributed by atoms with Crippen molar-refractivity contribution in [1.29, 1.82) is 0 Å². The minimum Gasteiger partial charge on any atom is -0.353 e. The van der Waals surface area contributed by atoms with Crippen molar-refractivity contribution in [3.05, 3.63) is 71.8 Å². The molecule has 11 rings (SSSR count). The van der Waals surface area contributed by atoms with Gasteiger partial charge in [0.2, 0.25) is 11.8 Å². The molecule has 8 bridgehead atoms. The van der Waals surface area contributed by atoms with Gasteiger partial charge in [-0.25, -0.2) is 0 Å². The predicted molar refractivity (Wildman–Crippen MR) is 236 cm³/mol. The van der Waals surface area contributed by atoms with E-state index in [0.29, 0.717) is 18.2 Å². The summed E-state index contributed by atoms with van der Waals surface area (Å²) in [4.78, 5) is 29.6. The minimum absolute atomic E-state index is 0.0531. The predicted octanol–water partition coefficient (Wildman–Crippen LogP) is 10.0. The molecule has 6 nitrogen and oxygen atoms in total. The Labute approximate surface area is 358 Å². The number of carbonyl (C=O) groups is 2. The van der Waals surface area contributed by atoms with E-state index < -0.39 is 10.8 Å². The van der Waals surface area contributed by atoms with Crippen LogP contribution in [0.3, 0.4) is 0 Å². The summed E-state index contributed by atoms with van der Waals surface area (Å²) in [5.74, 6) is 1.54. The molecule has 8 heteroatoms. The van der Waals surface area contributed by atoms with Crippen molar-refractivity contribution in [3.63, 3.8) is 0 Å². The second-order valence-electron chi connectivity index (χ2n) is 22.5. The van der Waals surface area contributed by atoms with Crippen LogP contribution in [-0.4, -0.2) is 48.5 Å². The Kier molecular flexibility index (Phi) is 10.9. The number of rotatable bonds is 13. The van der Waals surface area contributed by atoms with Crippen molar-refractivity contribution in [1.82, 2.24) is 10.6 Å². The monoisotopic (exact) mass is 827 g/mol. The molecule has 10 aliphatic carbocycles. The Morgan fingerprint density at radius 1 is 0.712 bits per heavy atom. The molecule has 0 radical (unpaired) electrons. The highest BCUT2D eigenvalue weighted by atomic mass is 35.5. The molecule has 10 saturated carbocycles. The van der Waals surface area contributed by atoms with Gasteiger partial charge in [-0.2, -0.15) is 0 Å². The summed E-state index contributed by atoms with van der Waals surface area (Å²) in [6.45, 7) is 6.70. The summed E-state index contributed by atoms with van der Waals surface area (Å²) >= 11 is 6.60. The number of carbonyl (C=O) groups excluding carboxylic acids is 2. The average molecular weight is 828 g/mol. The smallest absolute Gasteiger partial charge is 0.226 e. The van der Waals surface area contributed by atoms with Crippen LogP contribution in [0.4, 0.5) is 4.39 Å².